The predicted molar refractivity (Wildman–Crippen MR) is 512 cm³/mol. The number of halogens is 1. The van der Waals surface area contributed by atoms with E-state index in [0.717, 1.165) is 0 Å². The van der Waals surface area contributed by atoms with Crippen molar-refractivity contribution in [3.05, 3.63) is 0 Å². The van der Waals surface area contributed by atoms with Gasteiger partial charge in [-0.15, -0.1) is 0 Å². The monoisotopic (exact) mass is 1640 g/mol. The van der Waals surface area contributed by atoms with E-state index in [9.17, 15) is 0 Å². The molecule has 680 valence electrons. The van der Waals surface area contributed by atoms with E-state index in [1.54, 1.807) is 0 Å². The van der Waals surface area contributed by atoms with Crippen LogP contribution in [0.3, 0.4) is 0 Å². The molecule has 0 aliphatic heterocycles. The molecular formula is C108H222ClN3Ti. The fourth-order valence-corrected chi connectivity index (χ4v) is 23.9. The smallest absolute Gasteiger partial charge is 1.00 e. The molecule has 0 spiro atoms. The van der Waals surface area contributed by atoms with Crippen molar-refractivity contribution < 1.29 is 31.0 Å². The number of hydrogen-bond acceptors (Lipinski definition) is 3. The summed E-state index contributed by atoms with van der Waals surface area (Å²) in [5.74, 6) is 0. The van der Waals surface area contributed by atoms with E-state index in [-0.39, 0.29) is 12.4 Å². The summed E-state index contributed by atoms with van der Waals surface area (Å²) >= 11 is -2.07. The number of nitrogens with zero attached hydrogens (tertiary/aromatic N) is 3. The maximum atomic E-state index is 3.39. The molecular weight excluding hydrogens is 1420 g/mol. The van der Waals surface area contributed by atoms with Gasteiger partial charge in [-0.05, 0) is 0 Å². The van der Waals surface area contributed by atoms with Crippen LogP contribution in [-0.2, 0) is 18.6 Å². The molecule has 0 bridgehead atoms. The van der Waals surface area contributed by atoms with Crippen LogP contribution in [0.1, 0.15) is 658 Å². The molecule has 0 aromatic rings. The predicted octanol–water partition coefficient (Wildman–Crippen LogP) is 36.8. The van der Waals surface area contributed by atoms with E-state index in [2.05, 4.69) is 51.7 Å². The van der Waals surface area contributed by atoms with Crippen LogP contribution < -0.4 is 12.4 Å². The molecule has 0 heterocycles. The molecule has 0 aliphatic carbocycles. The fraction of sp³-hybridized carbons (Fsp3) is 1.00. The quantitative estimate of drug-likeness (QED) is 0.0444. The average molecular weight is 1650 g/mol. The maximum absolute atomic E-state index is 3.39. The molecule has 0 amide bonds. The minimum absolute atomic E-state index is 0. The van der Waals surface area contributed by atoms with E-state index >= 15 is 0 Å². The zero-order valence-electron chi connectivity index (χ0n) is 80.3. The van der Waals surface area contributed by atoms with Gasteiger partial charge in [0.15, 0.2) is 0 Å². The molecule has 0 rings (SSSR count). The summed E-state index contributed by atoms with van der Waals surface area (Å²) in [5, 5.41) is 0. The second-order valence-corrected chi connectivity index (χ2v) is 42.0. The van der Waals surface area contributed by atoms with Gasteiger partial charge in [0.2, 0.25) is 0 Å². The van der Waals surface area contributed by atoms with Gasteiger partial charge in [-0.3, -0.25) is 0 Å². The Balaban J connectivity index is 0. The second kappa shape index (κ2) is 107. The van der Waals surface area contributed by atoms with Crippen LogP contribution in [0.15, 0.2) is 0 Å². The molecule has 113 heavy (non-hydrogen) atoms. The SMILES string of the molecule is CCCCCCCCCCCCCCCCCC[N](CCCCCCCCCCCCCCCCCC)[Ti+]([N](CCCCCCCCCCCCCCCCCC)CCCCCCCCCCCCCCCCCC)[N](CCCCCCCCCCCCCCCCCC)CCCCCCCCCCCCCCCCCC.[Cl-]. The third-order valence-corrected chi connectivity index (χ3v) is 31.3. The summed E-state index contributed by atoms with van der Waals surface area (Å²) in [5.41, 5.74) is 0. The van der Waals surface area contributed by atoms with E-state index in [0.29, 0.717) is 0 Å². The van der Waals surface area contributed by atoms with Crippen molar-refractivity contribution in [1.29, 1.82) is 0 Å². The Morgan fingerprint density at radius 3 is 0.230 bits per heavy atom. The van der Waals surface area contributed by atoms with Gasteiger partial charge in [-0.25, -0.2) is 0 Å². The van der Waals surface area contributed by atoms with E-state index < -0.39 is 18.6 Å². The Labute approximate surface area is 733 Å². The summed E-state index contributed by atoms with van der Waals surface area (Å²) in [6, 6.07) is 0. The van der Waals surface area contributed by atoms with Gasteiger partial charge < -0.3 is 12.4 Å². The molecule has 0 N–H and O–H groups in total. The normalized spacial score (nSPS) is 11.9. The molecule has 0 aliphatic rings. The third kappa shape index (κ3) is 95.0. The molecule has 0 aromatic heterocycles. The summed E-state index contributed by atoms with van der Waals surface area (Å²) < 4.78 is 10.2. The summed E-state index contributed by atoms with van der Waals surface area (Å²) in [4.78, 5) is 0. The van der Waals surface area contributed by atoms with Gasteiger partial charge in [-0.1, -0.05) is 273 Å². The van der Waals surface area contributed by atoms with Crippen LogP contribution in [0.4, 0.5) is 0 Å². The molecule has 0 radical (unpaired) electrons. The molecule has 0 unspecified atom stereocenters. The van der Waals surface area contributed by atoms with Gasteiger partial charge >= 0.3 is 453 Å². The Morgan fingerprint density at radius 1 is 0.0973 bits per heavy atom. The zero-order valence-corrected chi connectivity index (χ0v) is 82.7. The number of hydrogen-bond donors (Lipinski definition) is 0. The first-order chi connectivity index (χ1) is 55.7. The molecule has 0 saturated carbocycles. The third-order valence-electron chi connectivity index (χ3n) is 26.5. The van der Waals surface area contributed by atoms with Crippen molar-refractivity contribution in [2.24, 2.45) is 0 Å². The number of rotatable bonds is 105. The molecule has 0 fully saturated rings. The van der Waals surface area contributed by atoms with Gasteiger partial charge in [0.25, 0.3) is 0 Å². The van der Waals surface area contributed by atoms with Crippen LogP contribution in [0.5, 0.6) is 0 Å². The molecule has 0 saturated heterocycles. The topological polar surface area (TPSA) is 9.72 Å². The Morgan fingerprint density at radius 2 is 0.159 bits per heavy atom. The van der Waals surface area contributed by atoms with Crippen LogP contribution in [0.25, 0.3) is 0 Å². The summed E-state index contributed by atoms with van der Waals surface area (Å²) in [6.45, 7) is 22.5. The summed E-state index contributed by atoms with van der Waals surface area (Å²) in [6.07, 6.45) is 141. The van der Waals surface area contributed by atoms with Gasteiger partial charge in [-0.2, -0.15) is 0 Å². The first kappa shape index (κ1) is 116. The van der Waals surface area contributed by atoms with Crippen molar-refractivity contribution in [3.8, 4) is 0 Å². The van der Waals surface area contributed by atoms with E-state index in [1.807, 2.05) is 0 Å². The van der Waals surface area contributed by atoms with Crippen molar-refractivity contribution in [3.63, 3.8) is 0 Å². The Hall–Kier alpha value is 0.884. The first-order valence-corrected chi connectivity index (χ1v) is 56.9. The van der Waals surface area contributed by atoms with Gasteiger partial charge in [0.05, 0.1) is 0 Å². The van der Waals surface area contributed by atoms with Crippen LogP contribution in [-0.4, -0.2) is 49.4 Å². The van der Waals surface area contributed by atoms with Crippen molar-refractivity contribution in [2.45, 2.75) is 658 Å². The van der Waals surface area contributed by atoms with Crippen LogP contribution >= 0.6 is 0 Å². The van der Waals surface area contributed by atoms with Crippen molar-refractivity contribution >= 4 is 0 Å². The first-order valence-electron chi connectivity index (χ1n) is 54.8. The van der Waals surface area contributed by atoms with Gasteiger partial charge in [0.1, 0.15) is 0 Å². The summed E-state index contributed by atoms with van der Waals surface area (Å²) in [7, 11) is 0. The van der Waals surface area contributed by atoms with E-state index in [4.69, 9.17) is 0 Å². The Kier molecular flexibility index (Phi) is 110. The second-order valence-electron chi connectivity index (χ2n) is 38.1. The minimum atomic E-state index is -2.07. The van der Waals surface area contributed by atoms with Crippen molar-refractivity contribution in [2.75, 3.05) is 39.3 Å². The molecule has 0 atom stereocenters. The zero-order chi connectivity index (χ0) is 80.4. The minimum Gasteiger partial charge on any atom is -1.00 e. The van der Waals surface area contributed by atoms with Gasteiger partial charge in [0, 0.05) is 0 Å². The molecule has 0 aromatic carbocycles. The molecule has 3 nitrogen and oxygen atoms in total. The Bertz CT molecular complexity index is 1310. The van der Waals surface area contributed by atoms with Crippen molar-refractivity contribution in [1.82, 2.24) is 10.1 Å². The molecule has 5 heteroatoms. The van der Waals surface area contributed by atoms with Crippen LogP contribution in [0.2, 0.25) is 0 Å². The fourth-order valence-electron chi connectivity index (χ4n) is 18.6. The number of unbranched alkanes of at least 4 members (excludes halogenated alkanes) is 90. The van der Waals surface area contributed by atoms with E-state index in [1.165, 1.54) is 656 Å². The standard InChI is InChI=1S/3C36H74N.ClH.Ti/c3*1-3-5-7-9-11-13-15-17-19-21-23-25-27-29-31-33-35-37-36-34-32-30-28-26-24-22-20-18-16-14-12-10-8-6-4-2;;/h3*3-36H2,1-2H3;1H;/q3*-1;;+4/p-1. The average Bonchev–Trinajstić information content (AvgIpc) is 0.836. The van der Waals surface area contributed by atoms with Crippen LogP contribution in [0, 0.1) is 0 Å².